The standard InChI is InChI=1S/C17H17F3N2O6S/c1-15(2)12(13(24)28-9-10-6-4-3-5-7-10)22-11(23)8-16(22,29(15,26)27)21-14(25)17(18,19)20/h3-7,12H,8-9H2,1-2H3,(H,21,25)/t12-,16?/m0/s1. The molecule has 3 rings (SSSR count). The lowest BCUT2D eigenvalue weighted by Gasteiger charge is -2.46. The maximum atomic E-state index is 13.0. The third kappa shape index (κ3) is 2.96. The minimum absolute atomic E-state index is 0.226. The van der Waals surface area contributed by atoms with E-state index < -0.39 is 56.0 Å². The van der Waals surface area contributed by atoms with E-state index in [9.17, 15) is 36.0 Å². The highest BCUT2D eigenvalue weighted by Crippen LogP contribution is 2.52. The maximum absolute atomic E-state index is 13.0. The third-order valence-corrected chi connectivity index (χ3v) is 8.06. The molecule has 1 N–H and O–H groups in total. The van der Waals surface area contributed by atoms with Crippen LogP contribution in [-0.2, 0) is 35.6 Å². The smallest absolute Gasteiger partial charge is 0.459 e. The molecule has 0 aliphatic carbocycles. The topological polar surface area (TPSA) is 110 Å². The highest BCUT2D eigenvalue weighted by Gasteiger charge is 2.78. The number of fused-ring (bicyclic) bond motifs is 1. The molecule has 2 amide bonds. The van der Waals surface area contributed by atoms with Crippen molar-refractivity contribution in [2.24, 2.45) is 0 Å². The van der Waals surface area contributed by atoms with E-state index >= 15 is 0 Å². The van der Waals surface area contributed by atoms with Gasteiger partial charge >= 0.3 is 18.1 Å². The molecule has 2 fully saturated rings. The van der Waals surface area contributed by atoms with E-state index in [1.165, 1.54) is 5.32 Å². The molecule has 2 saturated heterocycles. The number of nitrogens with zero attached hydrogens (tertiary/aromatic N) is 1. The minimum Gasteiger partial charge on any atom is -0.459 e. The van der Waals surface area contributed by atoms with Crippen LogP contribution in [0.25, 0.3) is 0 Å². The van der Waals surface area contributed by atoms with Crippen LogP contribution in [0.5, 0.6) is 0 Å². The van der Waals surface area contributed by atoms with Crippen molar-refractivity contribution in [1.82, 2.24) is 10.2 Å². The van der Waals surface area contributed by atoms with Crippen molar-refractivity contribution in [3.05, 3.63) is 35.9 Å². The summed E-state index contributed by atoms with van der Waals surface area (Å²) in [6.07, 6.45) is -6.27. The Labute approximate surface area is 163 Å². The molecular formula is C17H17F3N2O6S. The molecule has 1 aromatic carbocycles. The van der Waals surface area contributed by atoms with Gasteiger partial charge < -0.3 is 10.1 Å². The third-order valence-electron chi connectivity index (χ3n) is 5.12. The summed E-state index contributed by atoms with van der Waals surface area (Å²) in [6.45, 7) is 1.98. The molecule has 0 spiro atoms. The van der Waals surface area contributed by atoms with E-state index in [2.05, 4.69) is 0 Å². The highest BCUT2D eigenvalue weighted by molar-refractivity contribution is 7.94. The Bertz CT molecular complexity index is 977. The van der Waals surface area contributed by atoms with Crippen molar-refractivity contribution in [3.8, 4) is 0 Å². The number of amides is 2. The number of β-lactam (4-membered cyclic amide) rings is 1. The van der Waals surface area contributed by atoms with Gasteiger partial charge in [-0.1, -0.05) is 30.3 Å². The van der Waals surface area contributed by atoms with Crippen molar-refractivity contribution in [3.63, 3.8) is 0 Å². The van der Waals surface area contributed by atoms with Crippen LogP contribution in [0.2, 0.25) is 0 Å². The van der Waals surface area contributed by atoms with Crippen LogP contribution in [-0.4, -0.2) is 53.1 Å². The first kappa shape index (κ1) is 21.1. The van der Waals surface area contributed by atoms with Crippen LogP contribution >= 0.6 is 0 Å². The first-order valence-electron chi connectivity index (χ1n) is 8.42. The largest absolute Gasteiger partial charge is 0.471 e. The van der Waals surface area contributed by atoms with Crippen molar-refractivity contribution in [2.75, 3.05) is 0 Å². The predicted octanol–water partition coefficient (Wildman–Crippen LogP) is 0.870. The van der Waals surface area contributed by atoms with Gasteiger partial charge in [0.2, 0.25) is 20.7 Å². The Morgan fingerprint density at radius 1 is 1.24 bits per heavy atom. The molecule has 2 aliphatic heterocycles. The van der Waals surface area contributed by atoms with Gasteiger partial charge in [-0.25, -0.2) is 13.2 Å². The number of sulfone groups is 1. The molecule has 1 unspecified atom stereocenters. The molecule has 0 aromatic heterocycles. The van der Waals surface area contributed by atoms with Gasteiger partial charge in [0.25, 0.3) is 0 Å². The number of carbonyl (C=O) groups is 3. The van der Waals surface area contributed by atoms with Gasteiger partial charge in [-0.3, -0.25) is 14.5 Å². The van der Waals surface area contributed by atoms with Crippen LogP contribution in [0.3, 0.4) is 0 Å². The van der Waals surface area contributed by atoms with E-state index in [-0.39, 0.29) is 6.61 Å². The van der Waals surface area contributed by atoms with Crippen molar-refractivity contribution < 1.29 is 40.7 Å². The first-order valence-corrected chi connectivity index (χ1v) is 9.90. The normalized spacial score (nSPS) is 27.0. The van der Waals surface area contributed by atoms with E-state index in [0.717, 1.165) is 13.8 Å². The number of alkyl halides is 3. The number of hydrogen-bond acceptors (Lipinski definition) is 6. The monoisotopic (exact) mass is 434 g/mol. The molecule has 0 radical (unpaired) electrons. The number of hydrogen-bond donors (Lipinski definition) is 1. The van der Waals surface area contributed by atoms with E-state index in [0.29, 0.717) is 10.5 Å². The Morgan fingerprint density at radius 2 is 1.83 bits per heavy atom. The van der Waals surface area contributed by atoms with Gasteiger partial charge in [-0.15, -0.1) is 0 Å². The minimum atomic E-state index is -5.37. The second kappa shape index (κ2) is 6.44. The Balaban J connectivity index is 1.93. The second-order valence-corrected chi connectivity index (χ2v) is 10.0. The van der Waals surface area contributed by atoms with Crippen molar-refractivity contribution >= 4 is 27.6 Å². The molecule has 8 nitrogen and oxygen atoms in total. The molecule has 2 aliphatic rings. The quantitative estimate of drug-likeness (QED) is 0.556. The molecule has 29 heavy (non-hydrogen) atoms. The fourth-order valence-corrected chi connectivity index (χ4v) is 5.94. The number of esters is 1. The van der Waals surface area contributed by atoms with Crippen LogP contribution in [0.4, 0.5) is 13.2 Å². The zero-order valence-corrected chi connectivity index (χ0v) is 16.1. The zero-order chi connectivity index (χ0) is 21.8. The number of rotatable bonds is 4. The van der Waals surface area contributed by atoms with Gasteiger partial charge in [0.15, 0.2) is 6.04 Å². The van der Waals surface area contributed by atoms with Crippen molar-refractivity contribution in [2.45, 2.75) is 48.8 Å². The van der Waals surface area contributed by atoms with Gasteiger partial charge in [0, 0.05) is 0 Å². The van der Waals surface area contributed by atoms with Gasteiger partial charge in [0.05, 0.1) is 6.42 Å². The lowest BCUT2D eigenvalue weighted by atomic mass is 9.96. The average molecular weight is 434 g/mol. The summed E-state index contributed by atoms with van der Waals surface area (Å²) in [5, 5.41) is 1.41. The van der Waals surface area contributed by atoms with Crippen LogP contribution in [0, 0.1) is 0 Å². The average Bonchev–Trinajstić information content (AvgIpc) is 2.72. The molecule has 0 saturated carbocycles. The predicted molar refractivity (Wildman–Crippen MR) is 91.4 cm³/mol. The summed E-state index contributed by atoms with van der Waals surface area (Å²) in [6, 6.07) is 6.67. The van der Waals surface area contributed by atoms with Gasteiger partial charge in [-0.05, 0) is 19.4 Å². The number of ether oxygens (including phenoxy) is 1. The second-order valence-electron chi connectivity index (χ2n) is 7.28. The van der Waals surface area contributed by atoms with Crippen LogP contribution in [0.15, 0.2) is 30.3 Å². The van der Waals surface area contributed by atoms with Gasteiger partial charge in [0.1, 0.15) is 11.4 Å². The Hall–Kier alpha value is -2.63. The summed E-state index contributed by atoms with van der Waals surface area (Å²) in [5.41, 5.74) is 0.589. The number of benzene rings is 1. The summed E-state index contributed by atoms with van der Waals surface area (Å²) in [4.78, 5) is 34.1. The Morgan fingerprint density at radius 3 is 2.34 bits per heavy atom. The SMILES string of the molecule is CC1(C)[C@H](C(=O)OCc2ccccc2)N2C(=O)CC2(NC(=O)C(F)(F)F)S1(=O)=O. The highest BCUT2D eigenvalue weighted by atomic mass is 32.2. The molecule has 1 aromatic rings. The fourth-order valence-electron chi connectivity index (χ4n) is 3.57. The number of carbonyl (C=O) groups excluding carboxylic acids is 3. The van der Waals surface area contributed by atoms with E-state index in [4.69, 9.17) is 4.74 Å². The lowest BCUT2D eigenvalue weighted by molar-refractivity contribution is -0.183. The Kier molecular flexibility index (Phi) is 4.68. The molecule has 2 heterocycles. The molecule has 158 valence electrons. The summed E-state index contributed by atoms with van der Waals surface area (Å²) >= 11 is 0. The summed E-state index contributed by atoms with van der Waals surface area (Å²) < 4.78 is 67.3. The van der Waals surface area contributed by atoms with Crippen LogP contribution < -0.4 is 5.32 Å². The van der Waals surface area contributed by atoms with Gasteiger partial charge in [-0.2, -0.15) is 13.2 Å². The van der Waals surface area contributed by atoms with E-state index in [1.54, 1.807) is 30.3 Å². The summed E-state index contributed by atoms with van der Waals surface area (Å²) in [5.74, 6) is -4.51. The van der Waals surface area contributed by atoms with Crippen LogP contribution in [0.1, 0.15) is 25.8 Å². The first-order chi connectivity index (χ1) is 13.3. The molecule has 12 heteroatoms. The molecule has 2 atom stereocenters. The summed E-state index contributed by atoms with van der Waals surface area (Å²) in [7, 11) is -4.62. The fraction of sp³-hybridized carbons (Fsp3) is 0.471. The van der Waals surface area contributed by atoms with Crippen molar-refractivity contribution in [1.29, 1.82) is 0 Å². The maximum Gasteiger partial charge on any atom is 0.471 e. The van der Waals surface area contributed by atoms with E-state index in [1.807, 2.05) is 0 Å². The zero-order valence-electron chi connectivity index (χ0n) is 15.3. The molecular weight excluding hydrogens is 417 g/mol. The lowest BCUT2D eigenvalue weighted by Crippen LogP contribution is -2.74. The number of halogens is 3. The molecule has 0 bridgehead atoms. The number of nitrogens with one attached hydrogen (secondary N) is 1.